The fourth-order valence-corrected chi connectivity index (χ4v) is 4.38. The van der Waals surface area contributed by atoms with E-state index in [0.717, 1.165) is 28.1 Å². The Labute approximate surface area is 196 Å². The highest BCUT2D eigenvalue weighted by Gasteiger charge is 2.45. The molecule has 1 N–H and O–H groups in total. The second-order valence-electron chi connectivity index (χ2n) is 9.04. The number of anilines is 1. The summed E-state index contributed by atoms with van der Waals surface area (Å²) in [6.07, 6.45) is 0.707. The van der Waals surface area contributed by atoms with E-state index >= 15 is 0 Å². The molecule has 1 aliphatic rings. The first-order valence-electron chi connectivity index (χ1n) is 11.4. The predicted octanol–water partition coefficient (Wildman–Crippen LogP) is 5.02. The van der Waals surface area contributed by atoms with Crippen molar-refractivity contribution in [2.24, 2.45) is 0 Å². The molecular formula is C27H34N2O4. The van der Waals surface area contributed by atoms with Gasteiger partial charge in [0, 0.05) is 31.9 Å². The van der Waals surface area contributed by atoms with E-state index in [0.29, 0.717) is 18.5 Å². The Balaban J connectivity index is 2.23. The zero-order valence-electron chi connectivity index (χ0n) is 20.6. The standard InChI is InChI=1S/C27H34N2O4/c1-8-13-29-24(18-9-11-19(12-10-18)28(5)6)23(26(31)27(29)32)25(30)21-15-20(16(2)3)22(33-7)14-17(21)4/h9-12,14-16,24,30H,8,13H2,1-7H3/b25-23+. The summed E-state index contributed by atoms with van der Waals surface area (Å²) in [6.45, 7) is 8.35. The zero-order valence-corrected chi connectivity index (χ0v) is 20.6. The van der Waals surface area contributed by atoms with Gasteiger partial charge < -0.3 is 19.6 Å². The Bertz CT molecular complexity index is 1080. The molecule has 2 aromatic carbocycles. The molecule has 0 saturated carbocycles. The molecule has 0 aliphatic carbocycles. The Morgan fingerprint density at radius 3 is 2.30 bits per heavy atom. The van der Waals surface area contributed by atoms with E-state index in [-0.39, 0.29) is 17.3 Å². The third kappa shape index (κ3) is 4.47. The molecule has 176 valence electrons. The number of carbonyl (C=O) groups excluding carboxylic acids is 2. The van der Waals surface area contributed by atoms with E-state index in [4.69, 9.17) is 4.74 Å². The third-order valence-corrected chi connectivity index (χ3v) is 6.18. The molecule has 0 aromatic heterocycles. The Hall–Kier alpha value is -3.28. The topological polar surface area (TPSA) is 70.1 Å². The lowest BCUT2D eigenvalue weighted by Crippen LogP contribution is -2.30. The van der Waals surface area contributed by atoms with Crippen LogP contribution in [-0.2, 0) is 9.59 Å². The molecule has 33 heavy (non-hydrogen) atoms. The average molecular weight is 451 g/mol. The van der Waals surface area contributed by atoms with Crippen molar-refractivity contribution in [1.82, 2.24) is 4.90 Å². The molecule has 0 radical (unpaired) electrons. The maximum Gasteiger partial charge on any atom is 0.295 e. The van der Waals surface area contributed by atoms with Gasteiger partial charge in [-0.1, -0.05) is 32.9 Å². The van der Waals surface area contributed by atoms with Gasteiger partial charge in [-0.3, -0.25) is 9.59 Å². The fourth-order valence-electron chi connectivity index (χ4n) is 4.38. The molecular weight excluding hydrogens is 416 g/mol. The van der Waals surface area contributed by atoms with E-state index in [1.807, 2.05) is 83.1 Å². The number of rotatable bonds is 7. The van der Waals surface area contributed by atoms with Gasteiger partial charge in [-0.15, -0.1) is 0 Å². The lowest BCUT2D eigenvalue weighted by molar-refractivity contribution is -0.139. The summed E-state index contributed by atoms with van der Waals surface area (Å²) in [7, 11) is 5.53. The van der Waals surface area contributed by atoms with Crippen LogP contribution in [0.3, 0.4) is 0 Å². The smallest absolute Gasteiger partial charge is 0.295 e. The van der Waals surface area contributed by atoms with Crippen LogP contribution in [0.4, 0.5) is 5.69 Å². The number of methoxy groups -OCH3 is 1. The van der Waals surface area contributed by atoms with Crippen LogP contribution < -0.4 is 9.64 Å². The number of ketones is 1. The number of hydrogen-bond donors (Lipinski definition) is 1. The average Bonchev–Trinajstić information content (AvgIpc) is 3.03. The second-order valence-corrected chi connectivity index (χ2v) is 9.04. The number of benzene rings is 2. The second kappa shape index (κ2) is 9.69. The molecule has 6 heteroatoms. The monoisotopic (exact) mass is 450 g/mol. The van der Waals surface area contributed by atoms with E-state index in [1.54, 1.807) is 12.0 Å². The first-order chi connectivity index (χ1) is 15.6. The van der Waals surface area contributed by atoms with Gasteiger partial charge in [0.15, 0.2) is 0 Å². The van der Waals surface area contributed by atoms with Crippen LogP contribution in [0.25, 0.3) is 5.76 Å². The summed E-state index contributed by atoms with van der Waals surface area (Å²) in [5.41, 5.74) is 4.19. The molecule has 1 saturated heterocycles. The number of carbonyl (C=O) groups is 2. The van der Waals surface area contributed by atoms with Gasteiger partial charge in [-0.25, -0.2) is 0 Å². The van der Waals surface area contributed by atoms with Gasteiger partial charge in [0.05, 0.1) is 18.7 Å². The number of ether oxygens (including phenoxy) is 1. The van der Waals surface area contributed by atoms with Crippen LogP contribution in [0.15, 0.2) is 42.0 Å². The molecule has 1 aliphatic heterocycles. The first-order valence-corrected chi connectivity index (χ1v) is 11.4. The highest BCUT2D eigenvalue weighted by atomic mass is 16.5. The molecule has 3 rings (SSSR count). The van der Waals surface area contributed by atoms with Crippen molar-refractivity contribution in [2.45, 2.75) is 46.1 Å². The fraction of sp³-hybridized carbons (Fsp3) is 0.407. The number of amides is 1. The summed E-state index contributed by atoms with van der Waals surface area (Å²) >= 11 is 0. The predicted molar refractivity (Wildman–Crippen MR) is 132 cm³/mol. The van der Waals surface area contributed by atoms with Crippen LogP contribution in [0.1, 0.15) is 61.4 Å². The van der Waals surface area contributed by atoms with Gasteiger partial charge in [0.2, 0.25) is 0 Å². The molecule has 1 unspecified atom stereocenters. The van der Waals surface area contributed by atoms with Gasteiger partial charge in [0.25, 0.3) is 11.7 Å². The Morgan fingerprint density at radius 1 is 1.15 bits per heavy atom. The van der Waals surface area contributed by atoms with Crippen LogP contribution in [0.2, 0.25) is 0 Å². The van der Waals surface area contributed by atoms with Crippen molar-refractivity contribution < 1.29 is 19.4 Å². The maximum atomic E-state index is 13.2. The quantitative estimate of drug-likeness (QED) is 0.364. The van der Waals surface area contributed by atoms with Crippen LogP contribution in [-0.4, -0.2) is 49.4 Å². The molecule has 1 amide bonds. The number of aliphatic hydroxyl groups excluding tert-OH is 1. The van der Waals surface area contributed by atoms with E-state index in [9.17, 15) is 14.7 Å². The Kier molecular flexibility index (Phi) is 7.15. The molecule has 0 bridgehead atoms. The van der Waals surface area contributed by atoms with Crippen molar-refractivity contribution in [3.8, 4) is 5.75 Å². The largest absolute Gasteiger partial charge is 0.507 e. The molecule has 2 aromatic rings. The normalized spacial score (nSPS) is 17.7. The van der Waals surface area contributed by atoms with Crippen molar-refractivity contribution in [3.05, 3.63) is 64.2 Å². The van der Waals surface area contributed by atoms with Gasteiger partial charge >= 0.3 is 0 Å². The molecule has 0 spiro atoms. The minimum atomic E-state index is -0.649. The lowest BCUT2D eigenvalue weighted by Gasteiger charge is -2.25. The highest BCUT2D eigenvalue weighted by Crippen LogP contribution is 2.41. The minimum absolute atomic E-state index is 0.133. The Morgan fingerprint density at radius 2 is 1.79 bits per heavy atom. The van der Waals surface area contributed by atoms with Crippen LogP contribution in [0, 0.1) is 6.92 Å². The van der Waals surface area contributed by atoms with Crippen LogP contribution >= 0.6 is 0 Å². The van der Waals surface area contributed by atoms with Crippen molar-refractivity contribution in [2.75, 3.05) is 32.6 Å². The summed E-state index contributed by atoms with van der Waals surface area (Å²) in [5, 5.41) is 11.5. The first kappa shape index (κ1) is 24.4. The molecule has 1 fully saturated rings. The van der Waals surface area contributed by atoms with Crippen molar-refractivity contribution in [3.63, 3.8) is 0 Å². The SMILES string of the molecule is CCCN1C(=O)C(=O)/C(=C(/O)c2cc(C(C)C)c(OC)cc2C)C1c1ccc(N(C)C)cc1. The molecule has 1 heterocycles. The van der Waals surface area contributed by atoms with E-state index in [1.165, 1.54) is 0 Å². The number of likely N-dealkylation sites (tertiary alicyclic amines) is 1. The van der Waals surface area contributed by atoms with Crippen LogP contribution in [0.5, 0.6) is 5.75 Å². The number of aryl methyl sites for hydroxylation is 1. The highest BCUT2D eigenvalue weighted by molar-refractivity contribution is 6.46. The van der Waals surface area contributed by atoms with Crippen molar-refractivity contribution in [1.29, 1.82) is 0 Å². The number of aliphatic hydroxyl groups is 1. The summed E-state index contributed by atoms with van der Waals surface area (Å²) in [6, 6.07) is 10.9. The summed E-state index contributed by atoms with van der Waals surface area (Å²) in [4.78, 5) is 29.7. The lowest BCUT2D eigenvalue weighted by atomic mass is 9.91. The van der Waals surface area contributed by atoms with Gasteiger partial charge in [-0.05, 0) is 60.2 Å². The van der Waals surface area contributed by atoms with Crippen molar-refractivity contribution >= 4 is 23.1 Å². The summed E-state index contributed by atoms with van der Waals surface area (Å²) in [5.74, 6) is -0.472. The van der Waals surface area contributed by atoms with Gasteiger partial charge in [-0.2, -0.15) is 0 Å². The number of Topliss-reactive ketones (excluding diaryl/α,β-unsaturated/α-hetero) is 1. The zero-order chi connectivity index (χ0) is 24.4. The minimum Gasteiger partial charge on any atom is -0.507 e. The number of hydrogen-bond acceptors (Lipinski definition) is 5. The van der Waals surface area contributed by atoms with E-state index in [2.05, 4.69) is 0 Å². The maximum absolute atomic E-state index is 13.2. The number of nitrogens with zero attached hydrogens (tertiary/aromatic N) is 2. The third-order valence-electron chi connectivity index (χ3n) is 6.18. The van der Waals surface area contributed by atoms with Gasteiger partial charge in [0.1, 0.15) is 11.5 Å². The molecule has 6 nitrogen and oxygen atoms in total. The summed E-state index contributed by atoms with van der Waals surface area (Å²) < 4.78 is 5.52. The molecule has 1 atom stereocenters. The van der Waals surface area contributed by atoms with E-state index < -0.39 is 17.7 Å².